The van der Waals surface area contributed by atoms with E-state index in [0.29, 0.717) is 12.5 Å². The van der Waals surface area contributed by atoms with Crippen molar-refractivity contribution in [2.24, 2.45) is 10.9 Å². The Labute approximate surface area is 227 Å². The van der Waals surface area contributed by atoms with E-state index in [-0.39, 0.29) is 11.5 Å². The van der Waals surface area contributed by atoms with Crippen LogP contribution in [0.15, 0.2) is 102 Å². The number of nitrogens with zero attached hydrogens (tertiary/aromatic N) is 1. The lowest BCUT2D eigenvalue weighted by Crippen LogP contribution is -2.32. The fourth-order valence-corrected chi connectivity index (χ4v) is 9.60. The lowest BCUT2D eigenvalue weighted by molar-refractivity contribution is 0.291. The summed E-state index contributed by atoms with van der Waals surface area (Å²) in [6.07, 6.45) is 4.58. The monoisotopic (exact) mass is 515 g/mol. The standard InChI is InChI=1S/C35H34NOP/c1-24(2)30-23-37-34(36-30)29-17-9-11-25-19-21-35(32(25)29)22-20-26-12-10-18-31(33(26)35)38(27-13-5-3-6-14-27)28-15-7-4-8-16-28/h3-18,24,30H,19-23H2,1-2H3/t30-,35+/m1/s1. The number of hydrogen-bond acceptors (Lipinski definition) is 2. The molecule has 4 aromatic rings. The van der Waals surface area contributed by atoms with E-state index in [1.807, 2.05) is 0 Å². The number of aryl methyl sites for hydroxylation is 2. The molecule has 38 heavy (non-hydrogen) atoms. The lowest BCUT2D eigenvalue weighted by Gasteiger charge is -2.33. The molecule has 0 amide bonds. The van der Waals surface area contributed by atoms with Gasteiger partial charge < -0.3 is 4.74 Å². The molecular formula is C35H34NOP. The molecule has 2 nitrogen and oxygen atoms in total. The van der Waals surface area contributed by atoms with Crippen molar-refractivity contribution in [3.63, 3.8) is 0 Å². The first-order valence-electron chi connectivity index (χ1n) is 14.0. The highest BCUT2D eigenvalue weighted by molar-refractivity contribution is 7.79. The Kier molecular flexibility index (Phi) is 5.97. The van der Waals surface area contributed by atoms with Gasteiger partial charge in [0, 0.05) is 11.0 Å². The fourth-order valence-electron chi connectivity index (χ4n) is 6.99. The van der Waals surface area contributed by atoms with Gasteiger partial charge in [-0.25, -0.2) is 4.99 Å². The average Bonchev–Trinajstić information content (AvgIpc) is 3.69. The summed E-state index contributed by atoms with van der Waals surface area (Å²) in [4.78, 5) is 5.10. The van der Waals surface area contributed by atoms with E-state index in [1.165, 1.54) is 38.2 Å². The summed E-state index contributed by atoms with van der Waals surface area (Å²) in [5, 5.41) is 4.35. The third-order valence-electron chi connectivity index (χ3n) is 8.82. The van der Waals surface area contributed by atoms with E-state index in [9.17, 15) is 0 Å². The van der Waals surface area contributed by atoms with Crippen molar-refractivity contribution >= 4 is 29.7 Å². The van der Waals surface area contributed by atoms with E-state index >= 15 is 0 Å². The van der Waals surface area contributed by atoms with Crippen LogP contribution in [0.5, 0.6) is 0 Å². The number of ether oxygens (including phenoxy) is 1. The average molecular weight is 516 g/mol. The third-order valence-corrected chi connectivity index (χ3v) is 11.3. The predicted molar refractivity (Wildman–Crippen MR) is 160 cm³/mol. The van der Waals surface area contributed by atoms with Crippen molar-refractivity contribution in [1.82, 2.24) is 0 Å². The van der Waals surface area contributed by atoms with Crippen molar-refractivity contribution in [3.8, 4) is 0 Å². The van der Waals surface area contributed by atoms with Gasteiger partial charge in [0.1, 0.15) is 6.61 Å². The van der Waals surface area contributed by atoms with Gasteiger partial charge in [-0.05, 0) is 83.8 Å². The van der Waals surface area contributed by atoms with Gasteiger partial charge in [0.05, 0.1) is 6.04 Å². The molecule has 3 aliphatic rings. The highest BCUT2D eigenvalue weighted by Crippen LogP contribution is 2.55. The van der Waals surface area contributed by atoms with Crippen molar-refractivity contribution in [2.45, 2.75) is 51.0 Å². The smallest absolute Gasteiger partial charge is 0.216 e. The van der Waals surface area contributed by atoms with Crippen LogP contribution in [-0.2, 0) is 23.0 Å². The topological polar surface area (TPSA) is 21.6 Å². The molecule has 3 heteroatoms. The van der Waals surface area contributed by atoms with E-state index in [4.69, 9.17) is 9.73 Å². The van der Waals surface area contributed by atoms with Gasteiger partial charge in [-0.3, -0.25) is 0 Å². The Balaban J connectivity index is 1.44. The van der Waals surface area contributed by atoms with Crippen LogP contribution in [0.25, 0.3) is 0 Å². The second-order valence-corrected chi connectivity index (χ2v) is 13.5. The summed E-state index contributed by atoms with van der Waals surface area (Å²) in [6, 6.07) is 36.5. The summed E-state index contributed by atoms with van der Waals surface area (Å²) < 4.78 is 6.30. The number of rotatable bonds is 5. The second kappa shape index (κ2) is 9.51. The van der Waals surface area contributed by atoms with Gasteiger partial charge in [0.15, 0.2) is 0 Å². The number of benzene rings is 4. The zero-order chi connectivity index (χ0) is 25.7. The molecule has 0 fully saturated rings. The molecule has 1 heterocycles. The maximum Gasteiger partial charge on any atom is 0.216 e. The molecule has 0 bridgehead atoms. The number of fused-ring (bicyclic) bond motifs is 4. The van der Waals surface area contributed by atoms with Crippen LogP contribution in [0.1, 0.15) is 54.5 Å². The van der Waals surface area contributed by atoms with Gasteiger partial charge in [0.2, 0.25) is 5.90 Å². The molecule has 2 atom stereocenters. The summed E-state index contributed by atoms with van der Waals surface area (Å²) in [7, 11) is -0.677. The normalized spacial score (nSPS) is 21.6. The quantitative estimate of drug-likeness (QED) is 0.281. The van der Waals surface area contributed by atoms with Crippen LogP contribution < -0.4 is 15.9 Å². The van der Waals surface area contributed by atoms with Crippen LogP contribution in [0.2, 0.25) is 0 Å². The zero-order valence-corrected chi connectivity index (χ0v) is 23.1. The highest BCUT2D eigenvalue weighted by atomic mass is 31.1. The molecule has 0 unspecified atom stereocenters. The first-order chi connectivity index (χ1) is 18.7. The summed E-state index contributed by atoms with van der Waals surface area (Å²) in [5.74, 6) is 1.35. The Morgan fingerprint density at radius 3 is 1.95 bits per heavy atom. The van der Waals surface area contributed by atoms with Crippen molar-refractivity contribution in [3.05, 3.63) is 125 Å². The third kappa shape index (κ3) is 3.76. The molecule has 0 aromatic heterocycles. The van der Waals surface area contributed by atoms with Gasteiger partial charge >= 0.3 is 0 Å². The molecule has 0 N–H and O–H groups in total. The van der Waals surface area contributed by atoms with Gasteiger partial charge in [-0.15, -0.1) is 0 Å². The van der Waals surface area contributed by atoms with Crippen molar-refractivity contribution in [1.29, 1.82) is 0 Å². The SMILES string of the molecule is CC(C)[C@H]1COC(c2cccc3c2[C@]2(CC3)CCc3cccc(P(c4ccccc4)c4ccccc4)c32)=N1. The summed E-state index contributed by atoms with van der Waals surface area (Å²) in [5.41, 5.74) is 7.33. The van der Waals surface area contributed by atoms with Gasteiger partial charge in [-0.2, -0.15) is 0 Å². The zero-order valence-electron chi connectivity index (χ0n) is 22.2. The van der Waals surface area contributed by atoms with E-state index < -0.39 is 7.92 Å². The Morgan fingerprint density at radius 1 is 0.737 bits per heavy atom. The molecule has 0 saturated carbocycles. The molecule has 0 saturated heterocycles. The number of aliphatic imine (C=N–C) groups is 1. The van der Waals surface area contributed by atoms with Crippen LogP contribution in [0, 0.1) is 5.92 Å². The van der Waals surface area contributed by atoms with E-state index in [1.54, 1.807) is 5.56 Å². The molecule has 4 aromatic carbocycles. The lowest BCUT2D eigenvalue weighted by atomic mass is 9.74. The minimum Gasteiger partial charge on any atom is -0.475 e. The van der Waals surface area contributed by atoms with Gasteiger partial charge in [-0.1, -0.05) is 105 Å². The van der Waals surface area contributed by atoms with Crippen LogP contribution >= 0.6 is 7.92 Å². The maximum atomic E-state index is 6.30. The van der Waals surface area contributed by atoms with Gasteiger partial charge in [0.25, 0.3) is 0 Å². The maximum absolute atomic E-state index is 6.30. The van der Waals surface area contributed by atoms with Crippen LogP contribution in [-0.4, -0.2) is 18.5 Å². The molecule has 1 aliphatic heterocycles. The molecule has 1 spiro atoms. The summed E-state index contributed by atoms with van der Waals surface area (Å²) >= 11 is 0. The molecular weight excluding hydrogens is 481 g/mol. The molecule has 0 radical (unpaired) electrons. The van der Waals surface area contributed by atoms with E-state index in [2.05, 4.69) is 111 Å². The minimum absolute atomic E-state index is 0.0177. The van der Waals surface area contributed by atoms with Crippen molar-refractivity contribution in [2.75, 3.05) is 6.61 Å². The minimum atomic E-state index is -0.677. The fraction of sp³-hybridized carbons (Fsp3) is 0.286. The second-order valence-electron chi connectivity index (χ2n) is 11.3. The van der Waals surface area contributed by atoms with E-state index in [0.717, 1.165) is 31.6 Å². The van der Waals surface area contributed by atoms with Crippen molar-refractivity contribution < 1.29 is 4.74 Å². The summed E-state index contributed by atoms with van der Waals surface area (Å²) in [6.45, 7) is 5.18. The Morgan fingerprint density at radius 2 is 1.34 bits per heavy atom. The van der Waals surface area contributed by atoms with Crippen LogP contribution in [0.4, 0.5) is 0 Å². The predicted octanol–water partition coefficient (Wildman–Crippen LogP) is 6.42. The largest absolute Gasteiger partial charge is 0.475 e. The first kappa shape index (κ1) is 23.9. The molecule has 7 rings (SSSR count). The Bertz CT molecular complexity index is 1470. The Hall–Kier alpha value is -3.22. The molecule has 2 aliphatic carbocycles. The first-order valence-corrected chi connectivity index (χ1v) is 15.4. The number of hydrogen-bond donors (Lipinski definition) is 0. The van der Waals surface area contributed by atoms with Crippen LogP contribution in [0.3, 0.4) is 0 Å². The molecule has 190 valence electrons. The highest BCUT2D eigenvalue weighted by Gasteiger charge is 2.49.